The predicted molar refractivity (Wildman–Crippen MR) is 66.1 cm³/mol. The first kappa shape index (κ1) is 11.2. The average Bonchev–Trinajstić information content (AvgIpc) is 2.89. The highest BCUT2D eigenvalue weighted by molar-refractivity contribution is 5.97. The van der Waals surface area contributed by atoms with Crippen molar-refractivity contribution in [3.8, 4) is 0 Å². The van der Waals surface area contributed by atoms with E-state index in [1.54, 1.807) is 24.5 Å². The molecule has 0 aromatic carbocycles. The van der Waals surface area contributed by atoms with Gasteiger partial charge in [0.2, 0.25) is 0 Å². The van der Waals surface area contributed by atoms with E-state index in [1.165, 1.54) is 0 Å². The zero-order valence-corrected chi connectivity index (χ0v) is 9.86. The van der Waals surface area contributed by atoms with E-state index in [0.717, 1.165) is 12.1 Å². The number of carbonyl (C=O) groups is 1. The Balaban J connectivity index is 1.89. The van der Waals surface area contributed by atoms with Gasteiger partial charge in [0.1, 0.15) is 0 Å². The van der Waals surface area contributed by atoms with Crippen LogP contribution in [0.2, 0.25) is 0 Å². The van der Waals surface area contributed by atoms with Crippen molar-refractivity contribution in [2.75, 3.05) is 0 Å². The first-order valence-corrected chi connectivity index (χ1v) is 6.05. The third kappa shape index (κ3) is 1.75. The molecule has 4 heteroatoms. The van der Waals surface area contributed by atoms with Crippen LogP contribution in [0.1, 0.15) is 28.6 Å². The van der Waals surface area contributed by atoms with Crippen LogP contribution in [0.4, 0.5) is 0 Å². The van der Waals surface area contributed by atoms with Crippen LogP contribution in [0, 0.1) is 5.92 Å². The van der Waals surface area contributed by atoms with Gasteiger partial charge in [-0.25, -0.2) is 0 Å². The number of ketones is 1. The Labute approximate surface area is 105 Å². The second kappa shape index (κ2) is 4.38. The van der Waals surface area contributed by atoms with Gasteiger partial charge >= 0.3 is 0 Å². The van der Waals surface area contributed by atoms with Crippen LogP contribution in [0.25, 0.3) is 0 Å². The van der Waals surface area contributed by atoms with Crippen molar-refractivity contribution in [3.63, 3.8) is 0 Å². The number of hydrogen-bond donors (Lipinski definition) is 1. The summed E-state index contributed by atoms with van der Waals surface area (Å²) >= 11 is 0. The molecule has 1 aliphatic heterocycles. The lowest BCUT2D eigenvalue weighted by Gasteiger charge is -2.27. The molecule has 0 radical (unpaired) electrons. The zero-order valence-electron chi connectivity index (χ0n) is 9.86. The van der Waals surface area contributed by atoms with E-state index >= 15 is 0 Å². The highest BCUT2D eigenvalue weighted by atomic mass is 16.3. The van der Waals surface area contributed by atoms with Crippen molar-refractivity contribution in [1.82, 2.24) is 9.55 Å². The van der Waals surface area contributed by atoms with E-state index in [4.69, 9.17) is 0 Å². The molecule has 3 heterocycles. The van der Waals surface area contributed by atoms with Gasteiger partial charge in [-0.2, -0.15) is 0 Å². The second-order valence-electron chi connectivity index (χ2n) is 4.57. The number of carbonyl (C=O) groups excluding carboxylic acids is 1. The molecule has 0 bridgehead atoms. The smallest absolute Gasteiger partial charge is 0.185 e. The van der Waals surface area contributed by atoms with Crippen LogP contribution in [-0.4, -0.2) is 20.4 Å². The highest BCUT2D eigenvalue weighted by Crippen LogP contribution is 2.31. The molecule has 1 aliphatic rings. The third-order valence-corrected chi connectivity index (χ3v) is 3.53. The van der Waals surface area contributed by atoms with E-state index < -0.39 is 6.10 Å². The Hall–Kier alpha value is -1.94. The molecular weight excluding hydrogens is 228 g/mol. The van der Waals surface area contributed by atoms with Crippen LogP contribution in [0.3, 0.4) is 0 Å². The minimum atomic E-state index is -0.746. The van der Waals surface area contributed by atoms with Crippen LogP contribution in [0.5, 0.6) is 0 Å². The summed E-state index contributed by atoms with van der Waals surface area (Å²) in [6.45, 7) is 0.779. The summed E-state index contributed by atoms with van der Waals surface area (Å²) in [7, 11) is 0. The van der Waals surface area contributed by atoms with E-state index in [-0.39, 0.29) is 11.7 Å². The molecule has 2 atom stereocenters. The highest BCUT2D eigenvalue weighted by Gasteiger charge is 2.33. The molecule has 0 aliphatic carbocycles. The third-order valence-electron chi connectivity index (χ3n) is 3.53. The van der Waals surface area contributed by atoms with Gasteiger partial charge in [-0.05, 0) is 36.2 Å². The van der Waals surface area contributed by atoms with Gasteiger partial charge in [0, 0.05) is 25.1 Å². The summed E-state index contributed by atoms with van der Waals surface area (Å²) in [6, 6.07) is 7.19. The van der Waals surface area contributed by atoms with Crippen LogP contribution in [0.15, 0.2) is 42.9 Å². The molecule has 0 spiro atoms. The Morgan fingerprint density at radius 3 is 2.89 bits per heavy atom. The quantitative estimate of drug-likeness (QED) is 0.874. The summed E-state index contributed by atoms with van der Waals surface area (Å²) in [5.41, 5.74) is 1.45. The maximum Gasteiger partial charge on any atom is 0.185 e. The topological polar surface area (TPSA) is 55.1 Å². The number of hydrogen-bond acceptors (Lipinski definition) is 3. The lowest BCUT2D eigenvalue weighted by atomic mass is 9.86. The Morgan fingerprint density at radius 2 is 2.11 bits per heavy atom. The van der Waals surface area contributed by atoms with Gasteiger partial charge in [0.25, 0.3) is 0 Å². The fourth-order valence-corrected chi connectivity index (χ4v) is 2.53. The molecule has 0 saturated heterocycles. The SMILES string of the molecule is O=C1c2cccn2CC[C@@H]1[C@@H](O)c1ccncc1. The molecular formula is C14H14N2O2. The second-order valence-corrected chi connectivity index (χ2v) is 4.57. The van der Waals surface area contributed by atoms with Gasteiger partial charge in [-0.1, -0.05) is 0 Å². The van der Waals surface area contributed by atoms with Gasteiger partial charge in [-0.15, -0.1) is 0 Å². The minimum absolute atomic E-state index is 0.0237. The Bertz CT molecular complexity index is 562. The number of aliphatic hydroxyl groups excluding tert-OH is 1. The van der Waals surface area contributed by atoms with Crippen LogP contribution in [-0.2, 0) is 6.54 Å². The predicted octanol–water partition coefficient (Wildman–Crippen LogP) is 1.82. The number of Topliss-reactive ketones (excluding diaryl/α,β-unsaturated/α-hetero) is 1. The largest absolute Gasteiger partial charge is 0.388 e. The Morgan fingerprint density at radius 1 is 1.33 bits per heavy atom. The van der Waals surface area contributed by atoms with Crippen molar-refractivity contribution in [2.45, 2.75) is 19.1 Å². The maximum atomic E-state index is 12.3. The van der Waals surface area contributed by atoms with Gasteiger partial charge in [-0.3, -0.25) is 9.78 Å². The van der Waals surface area contributed by atoms with Crippen molar-refractivity contribution in [3.05, 3.63) is 54.1 Å². The summed E-state index contributed by atoms with van der Waals surface area (Å²) in [5, 5.41) is 10.3. The zero-order chi connectivity index (χ0) is 12.5. The van der Waals surface area contributed by atoms with Crippen LogP contribution < -0.4 is 0 Å². The monoisotopic (exact) mass is 242 g/mol. The van der Waals surface area contributed by atoms with E-state index in [2.05, 4.69) is 4.98 Å². The average molecular weight is 242 g/mol. The summed E-state index contributed by atoms with van der Waals surface area (Å²) in [6.07, 6.45) is 5.10. The van der Waals surface area contributed by atoms with Crippen LogP contribution >= 0.6 is 0 Å². The number of nitrogens with zero attached hydrogens (tertiary/aromatic N) is 2. The summed E-state index contributed by atoms with van der Waals surface area (Å²) < 4.78 is 1.94. The van der Waals surface area contributed by atoms with Crippen molar-refractivity contribution in [2.24, 2.45) is 5.92 Å². The van der Waals surface area contributed by atoms with Gasteiger partial charge < -0.3 is 9.67 Å². The first-order valence-electron chi connectivity index (χ1n) is 6.05. The van der Waals surface area contributed by atoms with Crippen molar-refractivity contribution in [1.29, 1.82) is 0 Å². The summed E-state index contributed by atoms with van der Waals surface area (Å²) in [5.74, 6) is -0.328. The molecule has 1 N–H and O–H groups in total. The standard InChI is InChI=1S/C14H14N2O2/c17-13(10-3-6-15-7-4-10)11-5-9-16-8-1-2-12(16)14(11)18/h1-4,6-8,11,13,17H,5,9H2/t11-,13+/m1/s1. The molecule has 4 nitrogen and oxygen atoms in total. The molecule has 92 valence electrons. The Kier molecular flexibility index (Phi) is 2.72. The fraction of sp³-hybridized carbons (Fsp3) is 0.286. The minimum Gasteiger partial charge on any atom is -0.388 e. The normalized spacial score (nSPS) is 20.5. The fourth-order valence-electron chi connectivity index (χ4n) is 2.53. The van der Waals surface area contributed by atoms with E-state index in [1.807, 2.05) is 22.9 Å². The van der Waals surface area contributed by atoms with Gasteiger partial charge in [0.15, 0.2) is 5.78 Å². The lowest BCUT2D eigenvalue weighted by molar-refractivity contribution is 0.0599. The number of rotatable bonds is 2. The molecule has 18 heavy (non-hydrogen) atoms. The summed E-state index contributed by atoms with van der Waals surface area (Å²) in [4.78, 5) is 16.2. The van der Waals surface area contributed by atoms with Crippen molar-refractivity contribution >= 4 is 5.78 Å². The molecule has 0 unspecified atom stereocenters. The number of aromatic nitrogens is 2. The molecule has 0 fully saturated rings. The molecule has 0 amide bonds. The molecule has 2 aromatic rings. The molecule has 2 aromatic heterocycles. The maximum absolute atomic E-state index is 12.3. The number of pyridine rings is 1. The van der Waals surface area contributed by atoms with E-state index in [9.17, 15) is 9.90 Å². The number of aliphatic hydroxyl groups is 1. The molecule has 3 rings (SSSR count). The molecule has 0 saturated carbocycles. The number of fused-ring (bicyclic) bond motifs is 1. The van der Waals surface area contributed by atoms with Crippen molar-refractivity contribution < 1.29 is 9.90 Å². The first-order chi connectivity index (χ1) is 8.77. The number of aryl methyl sites for hydroxylation is 1. The van der Waals surface area contributed by atoms with E-state index in [0.29, 0.717) is 12.1 Å². The lowest BCUT2D eigenvalue weighted by Crippen LogP contribution is -2.30. The van der Waals surface area contributed by atoms with Gasteiger partial charge in [0.05, 0.1) is 17.7 Å².